The molecule has 0 aromatic carbocycles. The Labute approximate surface area is 121 Å². The molecule has 6 heteroatoms. The smallest absolute Gasteiger partial charge is 0.233 e. The third kappa shape index (κ3) is 2.89. The molecule has 3 aromatic rings. The summed E-state index contributed by atoms with van der Waals surface area (Å²) >= 11 is 0. The van der Waals surface area contributed by atoms with E-state index in [9.17, 15) is 0 Å². The maximum absolute atomic E-state index is 5.62. The molecule has 0 bridgehead atoms. The van der Waals surface area contributed by atoms with Crippen molar-refractivity contribution in [3.63, 3.8) is 0 Å². The molecular formula is C15H14N4O2. The summed E-state index contributed by atoms with van der Waals surface area (Å²) < 4.78 is 10.9. The van der Waals surface area contributed by atoms with Crippen LogP contribution in [0.5, 0.6) is 5.88 Å². The molecule has 0 radical (unpaired) electrons. The standard InChI is InChI=1S/C15H14N4O2/c1-10-5-6-12(8-16-10)15-13(11(2)21-19-15)9-20-14-4-3-7-17-18-14/h3-8H,9H2,1-2H3. The monoisotopic (exact) mass is 282 g/mol. The predicted molar refractivity (Wildman–Crippen MR) is 75.6 cm³/mol. The molecule has 0 spiro atoms. The van der Waals surface area contributed by atoms with E-state index in [1.54, 1.807) is 24.5 Å². The fourth-order valence-electron chi connectivity index (χ4n) is 1.91. The highest BCUT2D eigenvalue weighted by Gasteiger charge is 2.15. The van der Waals surface area contributed by atoms with Gasteiger partial charge in [0.15, 0.2) is 0 Å². The van der Waals surface area contributed by atoms with Crippen LogP contribution in [0.25, 0.3) is 11.3 Å². The van der Waals surface area contributed by atoms with E-state index in [0.717, 1.165) is 28.3 Å². The van der Waals surface area contributed by atoms with Gasteiger partial charge in [-0.05, 0) is 32.0 Å². The molecule has 0 aliphatic carbocycles. The lowest BCUT2D eigenvalue weighted by molar-refractivity contribution is 0.287. The molecule has 6 nitrogen and oxygen atoms in total. The third-order valence-corrected chi connectivity index (χ3v) is 3.08. The number of aromatic nitrogens is 4. The van der Waals surface area contributed by atoms with Gasteiger partial charge in [-0.3, -0.25) is 4.98 Å². The first-order chi connectivity index (χ1) is 10.2. The zero-order valence-corrected chi connectivity index (χ0v) is 11.8. The second-order valence-corrected chi connectivity index (χ2v) is 4.60. The SMILES string of the molecule is Cc1ccc(-c2noc(C)c2COc2cccnn2)cn1. The summed E-state index contributed by atoms with van der Waals surface area (Å²) in [6.45, 7) is 4.11. The summed E-state index contributed by atoms with van der Waals surface area (Å²) in [7, 11) is 0. The summed E-state index contributed by atoms with van der Waals surface area (Å²) in [6, 6.07) is 7.43. The molecule has 21 heavy (non-hydrogen) atoms. The van der Waals surface area contributed by atoms with Crippen LogP contribution in [0, 0.1) is 13.8 Å². The van der Waals surface area contributed by atoms with Crippen molar-refractivity contribution in [3.8, 4) is 17.1 Å². The molecule has 3 aromatic heterocycles. The molecule has 0 saturated carbocycles. The van der Waals surface area contributed by atoms with Crippen molar-refractivity contribution >= 4 is 0 Å². The van der Waals surface area contributed by atoms with Crippen LogP contribution >= 0.6 is 0 Å². The first-order valence-electron chi connectivity index (χ1n) is 6.52. The van der Waals surface area contributed by atoms with E-state index in [1.807, 2.05) is 26.0 Å². The molecule has 0 atom stereocenters. The van der Waals surface area contributed by atoms with Crippen molar-refractivity contribution in [1.82, 2.24) is 20.3 Å². The first kappa shape index (κ1) is 13.2. The minimum atomic E-state index is 0.317. The highest BCUT2D eigenvalue weighted by molar-refractivity contribution is 5.62. The molecule has 0 aliphatic rings. The van der Waals surface area contributed by atoms with Crippen molar-refractivity contribution in [1.29, 1.82) is 0 Å². The minimum absolute atomic E-state index is 0.317. The Bertz CT molecular complexity index is 723. The van der Waals surface area contributed by atoms with Crippen molar-refractivity contribution in [3.05, 3.63) is 53.7 Å². The second kappa shape index (κ2) is 5.70. The Balaban J connectivity index is 1.85. The van der Waals surface area contributed by atoms with Gasteiger partial charge in [0.25, 0.3) is 0 Å². The second-order valence-electron chi connectivity index (χ2n) is 4.60. The van der Waals surface area contributed by atoms with Crippen molar-refractivity contribution in [2.45, 2.75) is 20.5 Å². The molecule has 0 aliphatic heterocycles. The molecule has 0 N–H and O–H groups in total. The normalized spacial score (nSPS) is 10.6. The van der Waals surface area contributed by atoms with E-state index in [0.29, 0.717) is 12.5 Å². The number of ether oxygens (including phenoxy) is 1. The fourth-order valence-corrected chi connectivity index (χ4v) is 1.91. The van der Waals surface area contributed by atoms with Gasteiger partial charge in [-0.1, -0.05) is 5.16 Å². The summed E-state index contributed by atoms with van der Waals surface area (Å²) in [6.07, 6.45) is 3.37. The van der Waals surface area contributed by atoms with E-state index in [-0.39, 0.29) is 0 Å². The lowest BCUT2D eigenvalue weighted by atomic mass is 10.1. The van der Waals surface area contributed by atoms with Crippen molar-refractivity contribution in [2.24, 2.45) is 0 Å². The highest BCUT2D eigenvalue weighted by atomic mass is 16.5. The fraction of sp³-hybridized carbons (Fsp3) is 0.200. The number of hydrogen-bond donors (Lipinski definition) is 0. The topological polar surface area (TPSA) is 73.9 Å². The van der Waals surface area contributed by atoms with Gasteiger partial charge in [-0.15, -0.1) is 5.10 Å². The Morgan fingerprint density at radius 2 is 2.10 bits per heavy atom. The number of hydrogen-bond acceptors (Lipinski definition) is 6. The van der Waals surface area contributed by atoms with Gasteiger partial charge in [0.05, 0.1) is 5.56 Å². The Morgan fingerprint density at radius 3 is 2.81 bits per heavy atom. The maximum Gasteiger partial charge on any atom is 0.233 e. The van der Waals surface area contributed by atoms with Gasteiger partial charge in [-0.25, -0.2) is 0 Å². The summed E-state index contributed by atoms with van der Waals surface area (Å²) in [4.78, 5) is 4.28. The van der Waals surface area contributed by atoms with Gasteiger partial charge < -0.3 is 9.26 Å². The molecule has 3 rings (SSSR count). The Kier molecular flexibility index (Phi) is 3.59. The first-order valence-corrected chi connectivity index (χ1v) is 6.52. The van der Waals surface area contributed by atoms with Gasteiger partial charge >= 0.3 is 0 Å². The molecule has 0 unspecified atom stereocenters. The van der Waals surface area contributed by atoms with E-state index in [1.165, 1.54) is 0 Å². The molecule has 0 fully saturated rings. The average molecular weight is 282 g/mol. The molecular weight excluding hydrogens is 268 g/mol. The van der Waals surface area contributed by atoms with Gasteiger partial charge in [0.1, 0.15) is 18.1 Å². The zero-order valence-electron chi connectivity index (χ0n) is 11.8. The van der Waals surface area contributed by atoms with Gasteiger partial charge in [0, 0.05) is 29.7 Å². The minimum Gasteiger partial charge on any atom is -0.472 e. The van der Waals surface area contributed by atoms with Crippen molar-refractivity contribution in [2.75, 3.05) is 0 Å². The average Bonchev–Trinajstić information content (AvgIpc) is 2.88. The quantitative estimate of drug-likeness (QED) is 0.732. The van der Waals surface area contributed by atoms with E-state index in [4.69, 9.17) is 9.26 Å². The number of nitrogens with zero attached hydrogens (tertiary/aromatic N) is 4. The van der Waals surface area contributed by atoms with Crippen LogP contribution in [0.2, 0.25) is 0 Å². The lowest BCUT2D eigenvalue weighted by Crippen LogP contribution is -2.00. The van der Waals surface area contributed by atoms with E-state index in [2.05, 4.69) is 20.3 Å². The number of aryl methyl sites for hydroxylation is 2. The summed E-state index contributed by atoms with van der Waals surface area (Å²) in [5, 5.41) is 11.8. The highest BCUT2D eigenvalue weighted by Crippen LogP contribution is 2.25. The van der Waals surface area contributed by atoms with Crippen LogP contribution in [0.4, 0.5) is 0 Å². The van der Waals surface area contributed by atoms with Crippen LogP contribution in [-0.4, -0.2) is 20.3 Å². The van der Waals surface area contributed by atoms with Gasteiger partial charge in [0.2, 0.25) is 5.88 Å². The zero-order chi connectivity index (χ0) is 14.7. The van der Waals surface area contributed by atoms with Crippen LogP contribution in [0.15, 0.2) is 41.2 Å². The number of pyridine rings is 1. The molecule has 106 valence electrons. The Hall–Kier alpha value is -2.76. The van der Waals surface area contributed by atoms with Crippen LogP contribution in [-0.2, 0) is 6.61 Å². The van der Waals surface area contributed by atoms with Crippen LogP contribution in [0.3, 0.4) is 0 Å². The largest absolute Gasteiger partial charge is 0.472 e. The van der Waals surface area contributed by atoms with E-state index >= 15 is 0 Å². The molecule has 0 amide bonds. The van der Waals surface area contributed by atoms with Crippen molar-refractivity contribution < 1.29 is 9.26 Å². The summed E-state index contributed by atoms with van der Waals surface area (Å²) in [5.74, 6) is 1.18. The third-order valence-electron chi connectivity index (χ3n) is 3.08. The summed E-state index contributed by atoms with van der Waals surface area (Å²) in [5.41, 5.74) is 3.47. The van der Waals surface area contributed by atoms with Gasteiger partial charge in [-0.2, -0.15) is 5.10 Å². The Morgan fingerprint density at radius 1 is 1.19 bits per heavy atom. The van der Waals surface area contributed by atoms with Crippen LogP contribution < -0.4 is 4.74 Å². The predicted octanol–water partition coefficient (Wildman–Crippen LogP) is 2.72. The van der Waals surface area contributed by atoms with Crippen LogP contribution in [0.1, 0.15) is 17.0 Å². The van der Waals surface area contributed by atoms with E-state index < -0.39 is 0 Å². The maximum atomic E-state index is 5.62. The lowest BCUT2D eigenvalue weighted by Gasteiger charge is -2.05. The molecule has 0 saturated heterocycles. The molecule has 3 heterocycles. The number of rotatable bonds is 4.